The maximum Gasteiger partial charge on any atom is 0.251 e. The van der Waals surface area contributed by atoms with Crippen LogP contribution in [0.1, 0.15) is 45.9 Å². The van der Waals surface area contributed by atoms with E-state index < -0.39 is 0 Å². The molecule has 1 atom stereocenters. The van der Waals surface area contributed by atoms with Gasteiger partial charge in [0, 0.05) is 31.9 Å². The van der Waals surface area contributed by atoms with E-state index in [4.69, 9.17) is 0 Å². The average Bonchev–Trinajstić information content (AvgIpc) is 3.15. The number of nitrogens with one attached hydrogen (secondary N) is 1. The Bertz CT molecular complexity index is 756. The van der Waals surface area contributed by atoms with Gasteiger partial charge in [0.05, 0.1) is 6.04 Å². The molecule has 4 heteroatoms. The summed E-state index contributed by atoms with van der Waals surface area (Å²) >= 11 is 0. The molecule has 27 heavy (non-hydrogen) atoms. The molecule has 0 saturated carbocycles. The van der Waals surface area contributed by atoms with Crippen LogP contribution in [0.25, 0.3) is 0 Å². The monoisotopic (exact) mass is 365 g/mol. The van der Waals surface area contributed by atoms with E-state index in [9.17, 15) is 4.79 Å². The van der Waals surface area contributed by atoms with E-state index in [0.717, 1.165) is 29.8 Å². The van der Waals surface area contributed by atoms with Gasteiger partial charge in [-0.25, -0.2) is 0 Å². The molecule has 1 heterocycles. The van der Waals surface area contributed by atoms with Crippen molar-refractivity contribution in [1.82, 2.24) is 10.2 Å². The number of anilines is 1. The van der Waals surface area contributed by atoms with Gasteiger partial charge in [0.2, 0.25) is 0 Å². The van der Waals surface area contributed by atoms with Crippen LogP contribution in [0.4, 0.5) is 5.69 Å². The number of hydrogen-bond acceptors (Lipinski definition) is 3. The molecule has 1 aliphatic rings. The molecule has 144 valence electrons. The first-order valence-corrected chi connectivity index (χ1v) is 9.82. The highest BCUT2D eigenvalue weighted by atomic mass is 16.1. The zero-order valence-corrected chi connectivity index (χ0v) is 17.0. The number of rotatable bonds is 6. The normalized spacial score (nSPS) is 15.6. The molecule has 2 aromatic carbocycles. The van der Waals surface area contributed by atoms with Crippen LogP contribution in [0.15, 0.2) is 42.5 Å². The molecule has 1 saturated heterocycles. The highest BCUT2D eigenvalue weighted by molar-refractivity contribution is 5.94. The minimum absolute atomic E-state index is 0.0101. The third-order valence-corrected chi connectivity index (χ3v) is 5.32. The Labute approximate surface area is 163 Å². The van der Waals surface area contributed by atoms with E-state index in [1.165, 1.54) is 24.1 Å². The molecule has 4 nitrogen and oxygen atoms in total. The van der Waals surface area contributed by atoms with Crippen molar-refractivity contribution >= 4 is 11.6 Å². The van der Waals surface area contributed by atoms with Crippen molar-refractivity contribution in [1.29, 1.82) is 0 Å². The van der Waals surface area contributed by atoms with E-state index in [1.54, 1.807) is 0 Å². The van der Waals surface area contributed by atoms with Crippen LogP contribution in [0.5, 0.6) is 0 Å². The van der Waals surface area contributed by atoms with E-state index >= 15 is 0 Å². The topological polar surface area (TPSA) is 35.6 Å². The van der Waals surface area contributed by atoms with Crippen LogP contribution in [-0.2, 0) is 0 Å². The average molecular weight is 366 g/mol. The lowest BCUT2D eigenvalue weighted by Crippen LogP contribution is -2.36. The Morgan fingerprint density at radius 3 is 2.19 bits per heavy atom. The molecule has 0 radical (unpaired) electrons. The van der Waals surface area contributed by atoms with Crippen LogP contribution in [0, 0.1) is 13.8 Å². The molecule has 0 spiro atoms. The molecule has 2 aromatic rings. The lowest BCUT2D eigenvalue weighted by Gasteiger charge is -2.28. The first-order valence-electron chi connectivity index (χ1n) is 9.82. The van der Waals surface area contributed by atoms with Crippen LogP contribution in [0.3, 0.4) is 0 Å². The number of hydrogen-bond donors (Lipinski definition) is 1. The first-order chi connectivity index (χ1) is 12.9. The minimum Gasteiger partial charge on any atom is -0.378 e. The van der Waals surface area contributed by atoms with Crippen molar-refractivity contribution in [3.8, 4) is 0 Å². The fraction of sp³-hybridized carbons (Fsp3) is 0.435. The number of aryl methyl sites for hydroxylation is 2. The van der Waals surface area contributed by atoms with Crippen LogP contribution in [-0.4, -0.2) is 44.5 Å². The summed E-state index contributed by atoms with van der Waals surface area (Å²) in [5, 5.41) is 3.18. The zero-order chi connectivity index (χ0) is 19.4. The summed E-state index contributed by atoms with van der Waals surface area (Å²) < 4.78 is 0. The van der Waals surface area contributed by atoms with Crippen molar-refractivity contribution in [2.75, 3.05) is 38.6 Å². The highest BCUT2D eigenvalue weighted by Crippen LogP contribution is 2.26. The summed E-state index contributed by atoms with van der Waals surface area (Å²) in [6.45, 7) is 6.89. The van der Waals surface area contributed by atoms with Crippen molar-refractivity contribution in [3.63, 3.8) is 0 Å². The largest absolute Gasteiger partial charge is 0.378 e. The SMILES string of the molecule is Cc1cc(C)cc(C(=O)NC[C@@H](c2ccc(N(C)C)cc2)N2CCCC2)c1. The van der Waals surface area contributed by atoms with Gasteiger partial charge >= 0.3 is 0 Å². The number of carbonyl (C=O) groups excluding carboxylic acids is 1. The first kappa shape index (κ1) is 19.4. The van der Waals surface area contributed by atoms with E-state index in [-0.39, 0.29) is 11.9 Å². The van der Waals surface area contributed by atoms with Crippen molar-refractivity contribution in [3.05, 3.63) is 64.7 Å². The Kier molecular flexibility index (Phi) is 6.17. The van der Waals surface area contributed by atoms with E-state index in [1.807, 2.05) is 26.0 Å². The Morgan fingerprint density at radius 1 is 1.04 bits per heavy atom. The highest BCUT2D eigenvalue weighted by Gasteiger charge is 2.24. The summed E-state index contributed by atoms with van der Waals surface area (Å²) in [6, 6.07) is 14.9. The summed E-state index contributed by atoms with van der Waals surface area (Å²) in [4.78, 5) is 17.3. The van der Waals surface area contributed by atoms with Gasteiger partial charge in [-0.3, -0.25) is 9.69 Å². The summed E-state index contributed by atoms with van der Waals surface area (Å²) in [5.41, 5.74) is 5.45. The summed E-state index contributed by atoms with van der Waals surface area (Å²) in [7, 11) is 4.11. The molecule has 1 aliphatic heterocycles. The molecular weight excluding hydrogens is 334 g/mol. The molecule has 0 bridgehead atoms. The summed E-state index contributed by atoms with van der Waals surface area (Å²) in [5.74, 6) is 0.0101. The second-order valence-electron chi connectivity index (χ2n) is 7.83. The molecule has 1 N–H and O–H groups in total. The number of likely N-dealkylation sites (tertiary alicyclic amines) is 1. The van der Waals surface area contributed by atoms with Crippen molar-refractivity contribution in [2.45, 2.75) is 32.7 Å². The molecular formula is C23H31N3O. The minimum atomic E-state index is 0.0101. The molecule has 0 aliphatic carbocycles. The summed E-state index contributed by atoms with van der Waals surface area (Å²) in [6.07, 6.45) is 2.47. The van der Waals surface area contributed by atoms with Crippen LogP contribution >= 0.6 is 0 Å². The maximum absolute atomic E-state index is 12.7. The zero-order valence-electron chi connectivity index (χ0n) is 17.0. The van der Waals surface area contributed by atoms with Gasteiger partial charge < -0.3 is 10.2 Å². The van der Waals surface area contributed by atoms with Gasteiger partial charge in [0.1, 0.15) is 0 Å². The van der Waals surface area contributed by atoms with Crippen molar-refractivity contribution in [2.24, 2.45) is 0 Å². The Morgan fingerprint density at radius 2 is 1.63 bits per heavy atom. The quantitative estimate of drug-likeness (QED) is 0.842. The predicted octanol–water partition coefficient (Wildman–Crippen LogP) is 3.94. The second kappa shape index (κ2) is 8.57. The van der Waals surface area contributed by atoms with Crippen LogP contribution in [0.2, 0.25) is 0 Å². The molecule has 1 amide bonds. The Hall–Kier alpha value is -2.33. The standard InChI is InChI=1S/C23H31N3O/c1-17-13-18(2)15-20(14-17)23(27)24-16-22(26-11-5-6-12-26)19-7-9-21(10-8-19)25(3)4/h7-10,13-15,22H,5-6,11-12,16H2,1-4H3,(H,24,27)/t22-/m0/s1. The lowest BCUT2D eigenvalue weighted by molar-refractivity contribution is 0.0937. The number of nitrogens with zero attached hydrogens (tertiary/aromatic N) is 2. The second-order valence-corrected chi connectivity index (χ2v) is 7.83. The lowest BCUT2D eigenvalue weighted by atomic mass is 10.0. The molecule has 1 fully saturated rings. The fourth-order valence-electron chi connectivity index (χ4n) is 3.90. The third-order valence-electron chi connectivity index (χ3n) is 5.32. The van der Waals surface area contributed by atoms with Gasteiger partial charge in [-0.2, -0.15) is 0 Å². The third kappa shape index (κ3) is 4.89. The van der Waals surface area contributed by atoms with Gasteiger partial charge in [-0.05, 0) is 69.6 Å². The van der Waals surface area contributed by atoms with Crippen LogP contribution < -0.4 is 10.2 Å². The fourth-order valence-corrected chi connectivity index (χ4v) is 3.90. The number of benzene rings is 2. The van der Waals surface area contributed by atoms with E-state index in [2.05, 4.69) is 59.5 Å². The van der Waals surface area contributed by atoms with Gasteiger partial charge in [0.25, 0.3) is 5.91 Å². The van der Waals surface area contributed by atoms with Gasteiger partial charge in [0.15, 0.2) is 0 Å². The molecule has 0 unspecified atom stereocenters. The van der Waals surface area contributed by atoms with Crippen molar-refractivity contribution < 1.29 is 4.79 Å². The molecule has 0 aromatic heterocycles. The number of carbonyl (C=O) groups is 1. The van der Waals surface area contributed by atoms with E-state index in [0.29, 0.717) is 6.54 Å². The molecule has 3 rings (SSSR count). The predicted molar refractivity (Wildman–Crippen MR) is 113 cm³/mol. The maximum atomic E-state index is 12.7. The van der Waals surface area contributed by atoms with Gasteiger partial charge in [-0.1, -0.05) is 29.3 Å². The Balaban J connectivity index is 1.74. The number of amides is 1. The smallest absolute Gasteiger partial charge is 0.251 e. The van der Waals surface area contributed by atoms with Gasteiger partial charge in [-0.15, -0.1) is 0 Å².